The fourth-order valence-corrected chi connectivity index (χ4v) is 4.59. The Morgan fingerprint density at radius 1 is 1.07 bits per heavy atom. The normalized spacial score (nSPS) is 24.9. The van der Waals surface area contributed by atoms with Gasteiger partial charge in [-0.15, -0.1) is 0 Å². The molecule has 2 aliphatic rings. The molecule has 3 atom stereocenters. The maximum Gasteiger partial charge on any atom is 0.338 e. The number of hydrogen-bond acceptors (Lipinski definition) is 2. The summed E-state index contributed by atoms with van der Waals surface area (Å²) in [5.41, 5.74) is 3.25. The van der Waals surface area contributed by atoms with Crippen molar-refractivity contribution in [2.45, 2.75) is 69.9 Å². The summed E-state index contributed by atoms with van der Waals surface area (Å²) in [6, 6.07) is 21.0. The van der Waals surface area contributed by atoms with E-state index in [1.165, 1.54) is 11.1 Å². The van der Waals surface area contributed by atoms with Crippen LogP contribution >= 0.6 is 0 Å². The van der Waals surface area contributed by atoms with Crippen LogP contribution in [0.3, 0.4) is 0 Å². The summed E-state index contributed by atoms with van der Waals surface area (Å²) in [5.74, 6) is 0.546. The van der Waals surface area contributed by atoms with Crippen LogP contribution in [0.4, 0.5) is 4.79 Å². The van der Waals surface area contributed by atoms with Crippen LogP contribution in [0.2, 0.25) is 0 Å². The summed E-state index contributed by atoms with van der Waals surface area (Å²) >= 11 is 0. The topological polar surface area (TPSA) is 44.7 Å². The second-order valence-corrected chi connectivity index (χ2v) is 8.81. The molecule has 4 heteroatoms. The highest BCUT2D eigenvalue weighted by Crippen LogP contribution is 2.43. The molecular formula is C25H31N3O. The molecule has 1 saturated carbocycles. The number of carbonyl (C=O) groups excluding carboxylic acids is 1. The second kappa shape index (κ2) is 8.02. The van der Waals surface area contributed by atoms with Gasteiger partial charge in [-0.1, -0.05) is 74.0 Å². The minimum atomic E-state index is -0.397. The highest BCUT2D eigenvalue weighted by Gasteiger charge is 2.49. The van der Waals surface area contributed by atoms with Crippen LogP contribution in [-0.2, 0) is 0 Å². The number of unbranched alkanes of at least 4 members (excludes halogenated alkanes) is 1. The van der Waals surface area contributed by atoms with Crippen LogP contribution < -0.4 is 5.32 Å². The number of carbonyl (C=O) groups is 1. The predicted octanol–water partition coefficient (Wildman–Crippen LogP) is 5.68. The first-order valence-electron chi connectivity index (χ1n) is 10.8. The van der Waals surface area contributed by atoms with Gasteiger partial charge < -0.3 is 5.32 Å². The average molecular weight is 390 g/mol. The minimum Gasteiger partial charge on any atom is -0.333 e. The van der Waals surface area contributed by atoms with Crippen LogP contribution in [-0.4, -0.2) is 28.3 Å². The van der Waals surface area contributed by atoms with E-state index >= 15 is 0 Å². The molecule has 0 radical (unpaired) electrons. The lowest BCUT2D eigenvalue weighted by molar-refractivity contribution is 0.146. The van der Waals surface area contributed by atoms with Gasteiger partial charge in [-0.3, -0.25) is 0 Å². The van der Waals surface area contributed by atoms with E-state index < -0.39 is 5.54 Å². The summed E-state index contributed by atoms with van der Waals surface area (Å²) in [6.07, 6.45) is 4.14. The van der Waals surface area contributed by atoms with Gasteiger partial charge >= 0.3 is 6.03 Å². The molecule has 2 aromatic rings. The van der Waals surface area contributed by atoms with Gasteiger partial charge in [0, 0.05) is 23.6 Å². The summed E-state index contributed by atoms with van der Waals surface area (Å²) < 4.78 is 0. The summed E-state index contributed by atoms with van der Waals surface area (Å²) in [5, 5.41) is 9.79. The van der Waals surface area contributed by atoms with Crippen molar-refractivity contribution >= 4 is 11.7 Å². The van der Waals surface area contributed by atoms with Crippen LogP contribution in [0, 0.1) is 0 Å². The number of hydrazone groups is 1. The lowest BCUT2D eigenvalue weighted by atomic mass is 9.78. The third-order valence-electron chi connectivity index (χ3n) is 6.25. The zero-order chi connectivity index (χ0) is 20.4. The number of urea groups is 1. The Morgan fingerprint density at radius 2 is 1.69 bits per heavy atom. The van der Waals surface area contributed by atoms with Crippen LogP contribution in [0.25, 0.3) is 0 Å². The first-order valence-corrected chi connectivity index (χ1v) is 10.8. The van der Waals surface area contributed by atoms with Crippen LogP contribution in [0.15, 0.2) is 65.8 Å². The predicted molar refractivity (Wildman–Crippen MR) is 118 cm³/mol. The number of nitrogens with zero attached hydrogens (tertiary/aromatic N) is 2. The van der Waals surface area contributed by atoms with E-state index in [4.69, 9.17) is 5.10 Å². The van der Waals surface area contributed by atoms with Crippen LogP contribution in [0.1, 0.15) is 69.4 Å². The molecule has 2 aromatic carbocycles. The molecule has 4 rings (SSSR count). The molecule has 29 heavy (non-hydrogen) atoms. The molecule has 1 unspecified atom stereocenters. The highest BCUT2D eigenvalue weighted by molar-refractivity contribution is 5.96. The molecule has 0 saturated heterocycles. The van der Waals surface area contributed by atoms with Crippen molar-refractivity contribution < 1.29 is 4.79 Å². The molecule has 1 aliphatic heterocycles. The van der Waals surface area contributed by atoms with Crippen molar-refractivity contribution in [1.29, 1.82) is 0 Å². The quantitative estimate of drug-likeness (QED) is 0.679. The Labute approximate surface area is 174 Å². The third kappa shape index (κ3) is 3.93. The minimum absolute atomic E-state index is 0.0779. The number of hydrogen-bond donors (Lipinski definition) is 1. The Bertz CT molecular complexity index is 875. The molecule has 1 N–H and O–H groups in total. The van der Waals surface area contributed by atoms with Gasteiger partial charge in [0.1, 0.15) is 0 Å². The standard InChI is InChI=1S/C25H31N3O/c1-4-5-16-21-23(19-14-10-7-11-15-19)25(2,3)28(27-21)24(29)26-22-17-20(22)18-12-8-6-9-13-18/h6-15,20,22-23H,4-5,16-17H2,1-3H3,(H,26,29)/t20-,22+,23?/m0/s1. The molecule has 0 bridgehead atoms. The molecule has 0 aromatic heterocycles. The van der Waals surface area contributed by atoms with Crippen molar-refractivity contribution in [1.82, 2.24) is 10.3 Å². The molecule has 1 aliphatic carbocycles. The summed E-state index contributed by atoms with van der Waals surface area (Å²) in [7, 11) is 0. The van der Waals surface area contributed by atoms with Gasteiger partial charge in [-0.2, -0.15) is 5.10 Å². The average Bonchev–Trinajstić information content (AvgIpc) is 3.43. The first kappa shape index (κ1) is 19.7. The van der Waals surface area contributed by atoms with Crippen molar-refractivity contribution in [2.75, 3.05) is 0 Å². The molecule has 152 valence electrons. The van der Waals surface area contributed by atoms with Crippen molar-refractivity contribution in [2.24, 2.45) is 5.10 Å². The van der Waals surface area contributed by atoms with E-state index in [1.807, 2.05) is 12.1 Å². The van der Waals surface area contributed by atoms with Crippen molar-refractivity contribution in [3.63, 3.8) is 0 Å². The lowest BCUT2D eigenvalue weighted by Crippen LogP contribution is -2.49. The largest absolute Gasteiger partial charge is 0.338 e. The zero-order valence-electron chi connectivity index (χ0n) is 17.6. The van der Waals surface area contributed by atoms with Gasteiger partial charge in [0.2, 0.25) is 0 Å². The Balaban J connectivity index is 1.52. The highest BCUT2D eigenvalue weighted by atomic mass is 16.2. The van der Waals surface area contributed by atoms with Crippen LogP contribution in [0.5, 0.6) is 0 Å². The monoisotopic (exact) mass is 389 g/mol. The van der Waals surface area contributed by atoms with Crippen molar-refractivity contribution in [3.05, 3.63) is 71.8 Å². The van der Waals surface area contributed by atoms with E-state index in [2.05, 4.69) is 74.6 Å². The smallest absolute Gasteiger partial charge is 0.333 e. The molecule has 1 fully saturated rings. The van der Waals surface area contributed by atoms with E-state index in [9.17, 15) is 4.79 Å². The SMILES string of the molecule is CCCCC1=NN(C(=O)N[C@@H]2C[C@H]2c2ccccc2)C(C)(C)C1c1ccccc1. The maximum absolute atomic E-state index is 13.2. The van der Waals surface area contributed by atoms with E-state index in [0.717, 1.165) is 31.4 Å². The lowest BCUT2D eigenvalue weighted by Gasteiger charge is -2.34. The van der Waals surface area contributed by atoms with E-state index in [0.29, 0.717) is 5.92 Å². The molecular weight excluding hydrogens is 358 g/mol. The maximum atomic E-state index is 13.2. The van der Waals surface area contributed by atoms with Gasteiger partial charge in [-0.05, 0) is 44.2 Å². The van der Waals surface area contributed by atoms with Gasteiger partial charge in [0.15, 0.2) is 0 Å². The zero-order valence-corrected chi connectivity index (χ0v) is 17.6. The first-order chi connectivity index (χ1) is 14.0. The number of benzene rings is 2. The summed E-state index contributed by atoms with van der Waals surface area (Å²) in [4.78, 5) is 13.2. The Kier molecular flexibility index (Phi) is 5.44. The van der Waals surface area contributed by atoms with E-state index in [1.54, 1.807) is 5.01 Å². The Hall–Kier alpha value is -2.62. The fourth-order valence-electron chi connectivity index (χ4n) is 4.59. The number of amides is 2. The second-order valence-electron chi connectivity index (χ2n) is 8.81. The number of nitrogens with one attached hydrogen (secondary N) is 1. The van der Waals surface area contributed by atoms with Gasteiger partial charge in [-0.25, -0.2) is 9.80 Å². The molecule has 0 spiro atoms. The van der Waals surface area contributed by atoms with Gasteiger partial charge in [0.25, 0.3) is 0 Å². The summed E-state index contributed by atoms with van der Waals surface area (Å²) in [6.45, 7) is 6.46. The molecule has 2 amide bonds. The van der Waals surface area contributed by atoms with Crippen molar-refractivity contribution in [3.8, 4) is 0 Å². The van der Waals surface area contributed by atoms with Gasteiger partial charge in [0.05, 0.1) is 5.54 Å². The molecule has 1 heterocycles. The number of rotatable bonds is 6. The third-order valence-corrected chi connectivity index (χ3v) is 6.25. The van der Waals surface area contributed by atoms with E-state index in [-0.39, 0.29) is 18.0 Å². The fraction of sp³-hybridized carbons (Fsp3) is 0.440. The molecule has 4 nitrogen and oxygen atoms in total. The Morgan fingerprint density at radius 3 is 2.31 bits per heavy atom.